The third-order valence-corrected chi connectivity index (χ3v) is 4.76. The van der Waals surface area contributed by atoms with Crippen LogP contribution in [0.4, 0.5) is 5.69 Å². The normalized spacial score (nSPS) is 14.0. The van der Waals surface area contributed by atoms with Crippen LogP contribution in [-0.4, -0.2) is 29.5 Å². The number of esters is 1. The van der Waals surface area contributed by atoms with Crippen molar-refractivity contribution in [3.8, 4) is 0 Å². The van der Waals surface area contributed by atoms with Crippen molar-refractivity contribution in [2.45, 2.75) is 19.4 Å². The molecule has 0 saturated carbocycles. The molecule has 0 bridgehead atoms. The van der Waals surface area contributed by atoms with Gasteiger partial charge in [-0.2, -0.15) is 0 Å². The summed E-state index contributed by atoms with van der Waals surface area (Å²) in [5, 5.41) is 0.577. The van der Waals surface area contributed by atoms with Gasteiger partial charge >= 0.3 is 5.97 Å². The van der Waals surface area contributed by atoms with Crippen LogP contribution in [0, 0.1) is 0 Å². The summed E-state index contributed by atoms with van der Waals surface area (Å²) in [5.74, 6) is -0.965. The van der Waals surface area contributed by atoms with E-state index in [1.807, 2.05) is 24.3 Å². The van der Waals surface area contributed by atoms with Crippen LogP contribution in [0.3, 0.4) is 0 Å². The number of hydrogen-bond donors (Lipinski definition) is 1. The van der Waals surface area contributed by atoms with Crippen LogP contribution in [-0.2, 0) is 16.0 Å². The first-order valence-electron chi connectivity index (χ1n) is 8.77. The fourth-order valence-corrected chi connectivity index (χ4v) is 3.43. The van der Waals surface area contributed by atoms with Crippen molar-refractivity contribution in [3.05, 3.63) is 76.1 Å². The van der Waals surface area contributed by atoms with Gasteiger partial charge in [0, 0.05) is 29.2 Å². The van der Waals surface area contributed by atoms with E-state index in [0.29, 0.717) is 17.4 Å². The molecular formula is C21H18N2O4. The number of aromatic nitrogens is 1. The maximum atomic E-state index is 12.8. The molecule has 136 valence electrons. The van der Waals surface area contributed by atoms with Crippen LogP contribution >= 0.6 is 0 Å². The highest BCUT2D eigenvalue weighted by Crippen LogP contribution is 2.28. The van der Waals surface area contributed by atoms with Crippen LogP contribution in [0.15, 0.2) is 59.4 Å². The fourth-order valence-electron chi connectivity index (χ4n) is 3.43. The van der Waals surface area contributed by atoms with Gasteiger partial charge in [0.1, 0.15) is 0 Å². The fraction of sp³-hybridized carbons (Fsp3) is 0.190. The number of benzene rings is 2. The van der Waals surface area contributed by atoms with Gasteiger partial charge in [-0.25, -0.2) is 4.79 Å². The summed E-state index contributed by atoms with van der Waals surface area (Å²) in [6.45, 7) is 2.12. The molecular weight excluding hydrogens is 344 g/mol. The number of para-hydroxylation sites is 2. The van der Waals surface area contributed by atoms with Crippen LogP contribution in [0.5, 0.6) is 0 Å². The monoisotopic (exact) mass is 362 g/mol. The summed E-state index contributed by atoms with van der Waals surface area (Å²) < 4.78 is 5.41. The van der Waals surface area contributed by atoms with Crippen molar-refractivity contribution in [1.82, 2.24) is 4.98 Å². The van der Waals surface area contributed by atoms with Crippen LogP contribution in [0.1, 0.15) is 22.8 Å². The van der Waals surface area contributed by atoms with Crippen molar-refractivity contribution in [2.24, 2.45) is 0 Å². The third-order valence-electron chi connectivity index (χ3n) is 4.76. The average Bonchev–Trinajstić information content (AvgIpc) is 3.10. The number of ether oxygens (including phenoxy) is 1. The molecule has 0 radical (unpaired) electrons. The molecule has 0 saturated heterocycles. The average molecular weight is 362 g/mol. The van der Waals surface area contributed by atoms with Gasteiger partial charge in [0.15, 0.2) is 6.10 Å². The van der Waals surface area contributed by atoms with Crippen LogP contribution in [0.2, 0.25) is 0 Å². The van der Waals surface area contributed by atoms with Gasteiger partial charge < -0.3 is 14.6 Å². The van der Waals surface area contributed by atoms with E-state index < -0.39 is 17.6 Å². The molecule has 0 aliphatic carbocycles. The number of rotatable bonds is 3. The summed E-state index contributed by atoms with van der Waals surface area (Å²) in [4.78, 5) is 41.6. The first-order chi connectivity index (χ1) is 13.0. The number of H-pyrrole nitrogens is 1. The summed E-state index contributed by atoms with van der Waals surface area (Å²) in [6, 6.07) is 15.9. The molecule has 0 fully saturated rings. The highest BCUT2D eigenvalue weighted by atomic mass is 16.5. The zero-order chi connectivity index (χ0) is 19.0. The number of hydrogen-bond acceptors (Lipinski definition) is 4. The lowest BCUT2D eigenvalue weighted by Crippen LogP contribution is -2.39. The second kappa shape index (κ2) is 6.72. The summed E-state index contributed by atoms with van der Waals surface area (Å²) in [5.41, 5.74) is 2.25. The number of carbonyl (C=O) groups is 2. The Balaban J connectivity index is 1.57. The van der Waals surface area contributed by atoms with Crippen molar-refractivity contribution in [3.63, 3.8) is 0 Å². The Kier molecular flexibility index (Phi) is 4.24. The minimum atomic E-state index is -0.957. The highest BCUT2D eigenvalue weighted by molar-refractivity contribution is 6.05. The van der Waals surface area contributed by atoms with E-state index in [9.17, 15) is 14.4 Å². The summed E-state index contributed by atoms with van der Waals surface area (Å²) in [6.07, 6.45) is -0.178. The van der Waals surface area contributed by atoms with Crippen LogP contribution in [0.25, 0.3) is 10.9 Å². The zero-order valence-corrected chi connectivity index (χ0v) is 14.8. The predicted molar refractivity (Wildman–Crippen MR) is 102 cm³/mol. The van der Waals surface area contributed by atoms with Crippen molar-refractivity contribution in [1.29, 1.82) is 0 Å². The first-order valence-corrected chi connectivity index (χ1v) is 8.77. The lowest BCUT2D eigenvalue weighted by atomic mass is 10.1. The van der Waals surface area contributed by atoms with Gasteiger partial charge in [0.05, 0.1) is 5.56 Å². The third kappa shape index (κ3) is 3.10. The zero-order valence-electron chi connectivity index (χ0n) is 14.8. The number of nitrogens with one attached hydrogen (secondary N) is 1. The lowest BCUT2D eigenvalue weighted by molar-refractivity contribution is -0.126. The molecule has 6 nitrogen and oxygen atoms in total. The molecule has 0 spiro atoms. The molecule has 0 unspecified atom stereocenters. The minimum absolute atomic E-state index is 0.149. The van der Waals surface area contributed by atoms with Crippen molar-refractivity contribution in [2.75, 3.05) is 11.4 Å². The van der Waals surface area contributed by atoms with Crippen molar-refractivity contribution >= 4 is 28.5 Å². The maximum absolute atomic E-state index is 12.8. The number of fused-ring (bicyclic) bond motifs is 2. The Morgan fingerprint density at radius 1 is 1.11 bits per heavy atom. The number of aromatic amines is 1. The number of pyridine rings is 1. The van der Waals surface area contributed by atoms with E-state index in [-0.39, 0.29) is 11.5 Å². The Morgan fingerprint density at radius 2 is 1.85 bits per heavy atom. The predicted octanol–water partition coefficient (Wildman–Crippen LogP) is 2.66. The van der Waals surface area contributed by atoms with E-state index >= 15 is 0 Å². The Morgan fingerprint density at radius 3 is 2.70 bits per heavy atom. The molecule has 3 aromatic rings. The van der Waals surface area contributed by atoms with Gasteiger partial charge in [-0.1, -0.05) is 36.4 Å². The molecule has 1 aromatic heterocycles. The SMILES string of the molecule is C[C@@H](OC(=O)c1cc(=O)[nH]c2ccccc12)C(=O)N1CCc2ccccc21. The molecule has 27 heavy (non-hydrogen) atoms. The van der Waals surface area contributed by atoms with Gasteiger partial charge in [-0.15, -0.1) is 0 Å². The van der Waals surface area contributed by atoms with Crippen molar-refractivity contribution < 1.29 is 14.3 Å². The van der Waals surface area contributed by atoms with Gasteiger partial charge in [0.2, 0.25) is 5.56 Å². The standard InChI is InChI=1S/C21H18N2O4/c1-13(20(25)23-11-10-14-6-2-5-9-18(14)23)27-21(26)16-12-19(24)22-17-8-4-3-7-15(16)17/h2-9,12-13H,10-11H2,1H3,(H,22,24)/t13-/m1/s1. The molecule has 4 rings (SSSR count). The molecule has 1 aliphatic heterocycles. The first kappa shape index (κ1) is 17.0. The Hall–Kier alpha value is -3.41. The van der Waals surface area contributed by atoms with Crippen LogP contribution < -0.4 is 10.5 Å². The van der Waals surface area contributed by atoms with Gasteiger partial charge in [0.25, 0.3) is 5.91 Å². The number of carbonyl (C=O) groups excluding carboxylic acids is 2. The maximum Gasteiger partial charge on any atom is 0.339 e. The lowest BCUT2D eigenvalue weighted by Gasteiger charge is -2.21. The molecule has 1 aliphatic rings. The highest BCUT2D eigenvalue weighted by Gasteiger charge is 2.30. The molecule has 6 heteroatoms. The van der Waals surface area contributed by atoms with E-state index in [1.165, 1.54) is 6.07 Å². The number of amides is 1. The smallest absolute Gasteiger partial charge is 0.339 e. The largest absolute Gasteiger partial charge is 0.449 e. The van der Waals surface area contributed by atoms with Gasteiger partial charge in [-0.05, 0) is 31.0 Å². The Labute approximate surface area is 155 Å². The minimum Gasteiger partial charge on any atom is -0.449 e. The van der Waals surface area contributed by atoms with E-state index in [2.05, 4.69) is 4.98 Å². The molecule has 1 amide bonds. The molecule has 1 atom stereocenters. The topological polar surface area (TPSA) is 79.5 Å². The Bertz CT molecular complexity index is 1100. The number of nitrogens with zero attached hydrogens (tertiary/aromatic N) is 1. The molecule has 2 aromatic carbocycles. The van der Waals surface area contributed by atoms with Gasteiger partial charge in [-0.3, -0.25) is 9.59 Å². The summed E-state index contributed by atoms with van der Waals surface area (Å²) in [7, 11) is 0. The van der Waals surface area contributed by atoms with E-state index in [1.54, 1.807) is 36.1 Å². The molecule has 2 heterocycles. The summed E-state index contributed by atoms with van der Waals surface area (Å²) >= 11 is 0. The van der Waals surface area contributed by atoms with E-state index in [4.69, 9.17) is 4.74 Å². The molecule has 1 N–H and O–H groups in total. The van der Waals surface area contributed by atoms with E-state index in [0.717, 1.165) is 17.7 Å². The second-order valence-corrected chi connectivity index (χ2v) is 6.51. The second-order valence-electron chi connectivity index (χ2n) is 6.51. The number of anilines is 1. The quantitative estimate of drug-likeness (QED) is 0.727.